The first-order chi connectivity index (χ1) is 13.0. The van der Waals surface area contributed by atoms with Crippen molar-refractivity contribution in [3.05, 3.63) is 59.6 Å². The van der Waals surface area contributed by atoms with E-state index in [-0.39, 0.29) is 4.34 Å². The van der Waals surface area contributed by atoms with Crippen LogP contribution in [0.15, 0.2) is 58.9 Å². The number of piperazine rings is 1. The molecule has 0 radical (unpaired) electrons. The van der Waals surface area contributed by atoms with E-state index in [1.165, 1.54) is 4.31 Å². The molecule has 0 bridgehead atoms. The number of sulfonamides is 1. The average molecular weight is 421 g/mol. The Morgan fingerprint density at radius 1 is 0.926 bits per heavy atom. The minimum atomic E-state index is -3.63. The van der Waals surface area contributed by atoms with E-state index in [0.717, 1.165) is 22.8 Å². The molecule has 0 saturated carbocycles. The van der Waals surface area contributed by atoms with Crippen molar-refractivity contribution >= 4 is 38.8 Å². The molecule has 3 aromatic rings. The van der Waals surface area contributed by atoms with Gasteiger partial charge in [0, 0.05) is 42.5 Å². The molecule has 0 amide bonds. The molecule has 0 N–H and O–H groups in total. The first-order valence-electron chi connectivity index (χ1n) is 8.44. The Morgan fingerprint density at radius 3 is 2.26 bits per heavy atom. The van der Waals surface area contributed by atoms with E-state index >= 15 is 0 Å². The third kappa shape index (κ3) is 3.84. The second-order valence-corrected chi connectivity index (χ2v) is 9.42. The van der Waals surface area contributed by atoms with Crippen LogP contribution >= 0.6 is 23.1 Å². The molecule has 0 atom stereocenters. The molecule has 1 aromatic heterocycles. The number of anilines is 1. The van der Waals surface area contributed by atoms with Crippen molar-refractivity contribution in [3.63, 3.8) is 0 Å². The maximum Gasteiger partial charge on any atom is 0.272 e. The predicted molar refractivity (Wildman–Crippen MR) is 108 cm³/mol. The molecule has 27 heavy (non-hydrogen) atoms. The zero-order valence-corrected chi connectivity index (χ0v) is 16.7. The molecule has 2 heterocycles. The fourth-order valence-corrected chi connectivity index (χ4v) is 5.40. The molecule has 1 aliphatic rings. The van der Waals surface area contributed by atoms with Gasteiger partial charge in [-0.25, -0.2) is 13.4 Å². The maximum atomic E-state index is 12.9. The fraction of sp³-hybridized carbons (Fsp3) is 0.222. The van der Waals surface area contributed by atoms with Gasteiger partial charge in [-0.2, -0.15) is 8.68 Å². The summed E-state index contributed by atoms with van der Waals surface area (Å²) in [5, 5.41) is 0.686. The molecular formula is C18H17ClN4O2S2. The van der Waals surface area contributed by atoms with Crippen molar-refractivity contribution in [1.82, 2.24) is 13.7 Å². The monoisotopic (exact) mass is 420 g/mol. The summed E-state index contributed by atoms with van der Waals surface area (Å²) < 4.78 is 31.6. The van der Waals surface area contributed by atoms with Crippen molar-refractivity contribution in [2.75, 3.05) is 31.1 Å². The maximum absolute atomic E-state index is 12.9. The number of rotatable bonds is 4. The second-order valence-electron chi connectivity index (χ2n) is 6.12. The Kier molecular flexibility index (Phi) is 5.14. The molecule has 0 spiro atoms. The van der Waals surface area contributed by atoms with Crippen LogP contribution in [0.2, 0.25) is 5.02 Å². The molecular weight excluding hydrogens is 404 g/mol. The van der Waals surface area contributed by atoms with Crippen LogP contribution in [0.3, 0.4) is 0 Å². The summed E-state index contributed by atoms with van der Waals surface area (Å²) in [6.45, 7) is 2.05. The lowest BCUT2D eigenvalue weighted by Gasteiger charge is -2.34. The van der Waals surface area contributed by atoms with Crippen LogP contribution in [0.1, 0.15) is 0 Å². The normalized spacial score (nSPS) is 15.8. The third-order valence-electron chi connectivity index (χ3n) is 4.43. The van der Waals surface area contributed by atoms with Crippen LogP contribution in [0, 0.1) is 0 Å². The summed E-state index contributed by atoms with van der Waals surface area (Å²) >= 11 is 6.85. The average Bonchev–Trinajstić information content (AvgIpc) is 3.21. The third-order valence-corrected chi connectivity index (χ3v) is 7.63. The summed E-state index contributed by atoms with van der Waals surface area (Å²) in [6, 6.07) is 17.0. The van der Waals surface area contributed by atoms with Crippen LogP contribution in [0.25, 0.3) is 11.4 Å². The minimum Gasteiger partial charge on any atom is -0.369 e. The topological polar surface area (TPSA) is 66.4 Å². The van der Waals surface area contributed by atoms with Crippen molar-refractivity contribution in [1.29, 1.82) is 0 Å². The fourth-order valence-electron chi connectivity index (χ4n) is 2.97. The summed E-state index contributed by atoms with van der Waals surface area (Å²) in [7, 11) is -3.63. The van der Waals surface area contributed by atoms with E-state index in [2.05, 4.69) is 14.3 Å². The van der Waals surface area contributed by atoms with E-state index in [1.807, 2.05) is 54.6 Å². The minimum absolute atomic E-state index is 0.0429. The number of nitrogens with zero attached hydrogens (tertiary/aromatic N) is 4. The highest BCUT2D eigenvalue weighted by molar-refractivity contribution is 7.91. The van der Waals surface area contributed by atoms with Gasteiger partial charge in [0.25, 0.3) is 10.0 Å². The Morgan fingerprint density at radius 2 is 1.59 bits per heavy atom. The molecule has 1 aliphatic heterocycles. The second kappa shape index (κ2) is 7.55. The smallest absolute Gasteiger partial charge is 0.272 e. The summed E-state index contributed by atoms with van der Waals surface area (Å²) in [5.41, 5.74) is 1.85. The highest BCUT2D eigenvalue weighted by atomic mass is 35.5. The summed E-state index contributed by atoms with van der Waals surface area (Å²) in [5.74, 6) is 0.443. The largest absolute Gasteiger partial charge is 0.369 e. The molecule has 4 rings (SSSR count). The predicted octanol–water partition coefficient (Wildman–Crippen LogP) is 3.37. The van der Waals surface area contributed by atoms with Crippen molar-refractivity contribution in [3.8, 4) is 11.4 Å². The number of hydrogen-bond donors (Lipinski definition) is 0. The molecule has 1 saturated heterocycles. The molecule has 2 aromatic carbocycles. The first-order valence-corrected chi connectivity index (χ1v) is 11.0. The van der Waals surface area contributed by atoms with Gasteiger partial charge < -0.3 is 4.90 Å². The standard InChI is InChI=1S/C18H17ClN4O2S2/c19-15-6-8-16(9-7-15)22-10-12-23(13-11-22)27(24,25)18-20-17(21-26-18)14-4-2-1-3-5-14/h1-9H,10-13H2. The number of aromatic nitrogens is 2. The molecule has 0 unspecified atom stereocenters. The van der Waals surface area contributed by atoms with Gasteiger partial charge in [-0.15, -0.1) is 0 Å². The van der Waals surface area contributed by atoms with Gasteiger partial charge in [0.1, 0.15) is 0 Å². The summed E-state index contributed by atoms with van der Waals surface area (Å²) in [6.07, 6.45) is 0. The zero-order chi connectivity index (χ0) is 18.9. The van der Waals surface area contributed by atoms with Gasteiger partial charge >= 0.3 is 0 Å². The zero-order valence-electron chi connectivity index (χ0n) is 14.3. The van der Waals surface area contributed by atoms with E-state index in [1.54, 1.807) is 0 Å². The van der Waals surface area contributed by atoms with Gasteiger partial charge in [0.05, 0.1) is 0 Å². The van der Waals surface area contributed by atoms with Crippen LogP contribution in [-0.2, 0) is 10.0 Å². The van der Waals surface area contributed by atoms with Gasteiger partial charge in [0.15, 0.2) is 5.82 Å². The number of halogens is 1. The van der Waals surface area contributed by atoms with Gasteiger partial charge in [0.2, 0.25) is 4.34 Å². The first kappa shape index (κ1) is 18.4. The highest BCUT2D eigenvalue weighted by Crippen LogP contribution is 2.25. The lowest BCUT2D eigenvalue weighted by atomic mass is 10.2. The Labute approximate surface area is 167 Å². The molecule has 6 nitrogen and oxygen atoms in total. The molecule has 9 heteroatoms. The van der Waals surface area contributed by atoms with Crippen molar-refractivity contribution in [2.24, 2.45) is 0 Å². The quantitative estimate of drug-likeness (QED) is 0.647. The van der Waals surface area contributed by atoms with Crippen molar-refractivity contribution < 1.29 is 8.42 Å². The Bertz CT molecular complexity index is 1020. The number of benzene rings is 2. The van der Waals surface area contributed by atoms with Gasteiger partial charge in [-0.05, 0) is 35.8 Å². The Hall–Kier alpha value is -2.00. The SMILES string of the molecule is O=S(=O)(c1nc(-c2ccccc2)ns1)N1CCN(c2ccc(Cl)cc2)CC1. The van der Waals surface area contributed by atoms with E-state index in [0.29, 0.717) is 37.0 Å². The number of hydrogen-bond acceptors (Lipinski definition) is 6. The molecule has 0 aliphatic carbocycles. The summed E-state index contributed by atoms with van der Waals surface area (Å²) in [4.78, 5) is 6.41. The van der Waals surface area contributed by atoms with Crippen LogP contribution in [0.5, 0.6) is 0 Å². The van der Waals surface area contributed by atoms with E-state index < -0.39 is 10.0 Å². The van der Waals surface area contributed by atoms with Crippen LogP contribution < -0.4 is 4.90 Å². The molecule has 1 fully saturated rings. The Balaban J connectivity index is 1.47. The highest BCUT2D eigenvalue weighted by Gasteiger charge is 2.31. The van der Waals surface area contributed by atoms with Crippen molar-refractivity contribution in [2.45, 2.75) is 4.34 Å². The lowest BCUT2D eigenvalue weighted by molar-refractivity contribution is 0.384. The lowest BCUT2D eigenvalue weighted by Crippen LogP contribution is -2.48. The van der Waals surface area contributed by atoms with E-state index in [9.17, 15) is 8.42 Å². The van der Waals surface area contributed by atoms with Crippen LogP contribution in [-0.4, -0.2) is 48.3 Å². The molecule has 140 valence electrons. The van der Waals surface area contributed by atoms with Crippen LogP contribution in [0.4, 0.5) is 5.69 Å². The van der Waals surface area contributed by atoms with Gasteiger partial charge in [-0.1, -0.05) is 41.9 Å². The van der Waals surface area contributed by atoms with Gasteiger partial charge in [-0.3, -0.25) is 0 Å². The van der Waals surface area contributed by atoms with E-state index in [4.69, 9.17) is 11.6 Å².